The molecule has 2 fully saturated rings. The molecule has 0 aromatic carbocycles. The van der Waals surface area contributed by atoms with E-state index in [1.54, 1.807) is 0 Å². The van der Waals surface area contributed by atoms with Crippen LogP contribution in [0.3, 0.4) is 0 Å². The molecule has 2 rings (SSSR count). The molecule has 0 heterocycles. The fourth-order valence-corrected chi connectivity index (χ4v) is 4.45. The Kier molecular flexibility index (Phi) is 4.52. The van der Waals surface area contributed by atoms with Crippen molar-refractivity contribution in [2.24, 2.45) is 23.5 Å². The zero-order valence-corrected chi connectivity index (χ0v) is 11.9. The van der Waals surface area contributed by atoms with Crippen LogP contribution in [0.15, 0.2) is 0 Å². The topological polar surface area (TPSA) is 26.0 Å². The molecule has 3 unspecified atom stereocenters. The van der Waals surface area contributed by atoms with Crippen LogP contribution in [0.25, 0.3) is 0 Å². The van der Waals surface area contributed by atoms with E-state index in [4.69, 9.17) is 5.73 Å². The summed E-state index contributed by atoms with van der Waals surface area (Å²) in [6, 6.07) is 0. The molecular formula is C16H31N. The molecule has 2 saturated carbocycles. The zero-order valence-electron chi connectivity index (χ0n) is 11.9. The van der Waals surface area contributed by atoms with Crippen molar-refractivity contribution in [1.82, 2.24) is 0 Å². The molecule has 0 amide bonds. The Morgan fingerprint density at radius 2 is 1.71 bits per heavy atom. The number of hydrogen-bond acceptors (Lipinski definition) is 1. The van der Waals surface area contributed by atoms with E-state index in [2.05, 4.69) is 13.8 Å². The molecule has 17 heavy (non-hydrogen) atoms. The second kappa shape index (κ2) is 5.73. The van der Waals surface area contributed by atoms with Gasteiger partial charge in [0, 0.05) is 5.54 Å². The molecule has 0 saturated heterocycles. The Labute approximate surface area is 108 Å². The molecule has 2 aliphatic rings. The van der Waals surface area contributed by atoms with Crippen molar-refractivity contribution in [3.8, 4) is 0 Å². The fraction of sp³-hybridized carbons (Fsp3) is 1.00. The lowest BCUT2D eigenvalue weighted by Crippen LogP contribution is -2.56. The Balaban J connectivity index is 2.10. The summed E-state index contributed by atoms with van der Waals surface area (Å²) in [7, 11) is 0. The largest absolute Gasteiger partial charge is 0.325 e. The molecule has 0 spiro atoms. The standard InChI is InChI=1S/C16H31N/c1-3-13(2)16(17)12-8-7-11-15(16)14-9-5-4-6-10-14/h13-15H,3-12,17H2,1-2H3. The van der Waals surface area contributed by atoms with E-state index < -0.39 is 0 Å². The summed E-state index contributed by atoms with van der Waals surface area (Å²) < 4.78 is 0. The second-order valence-corrected chi connectivity index (χ2v) is 6.67. The van der Waals surface area contributed by atoms with Gasteiger partial charge in [0.25, 0.3) is 0 Å². The smallest absolute Gasteiger partial charge is 0.0211 e. The Morgan fingerprint density at radius 3 is 2.35 bits per heavy atom. The molecule has 1 nitrogen and oxygen atoms in total. The minimum Gasteiger partial charge on any atom is -0.325 e. The van der Waals surface area contributed by atoms with E-state index >= 15 is 0 Å². The van der Waals surface area contributed by atoms with Gasteiger partial charge < -0.3 is 5.73 Å². The van der Waals surface area contributed by atoms with E-state index in [9.17, 15) is 0 Å². The van der Waals surface area contributed by atoms with E-state index in [1.807, 2.05) is 0 Å². The van der Waals surface area contributed by atoms with Crippen LogP contribution in [0.4, 0.5) is 0 Å². The van der Waals surface area contributed by atoms with Crippen molar-refractivity contribution in [3.63, 3.8) is 0 Å². The summed E-state index contributed by atoms with van der Waals surface area (Å²) >= 11 is 0. The maximum atomic E-state index is 6.89. The third kappa shape index (κ3) is 2.70. The predicted octanol–water partition coefficient (Wildman–Crippen LogP) is 4.50. The van der Waals surface area contributed by atoms with Gasteiger partial charge in [-0.2, -0.15) is 0 Å². The molecule has 0 aromatic rings. The second-order valence-electron chi connectivity index (χ2n) is 6.67. The van der Waals surface area contributed by atoms with E-state index in [-0.39, 0.29) is 5.54 Å². The van der Waals surface area contributed by atoms with Crippen LogP contribution in [0, 0.1) is 17.8 Å². The lowest BCUT2D eigenvalue weighted by Gasteiger charge is -2.49. The van der Waals surface area contributed by atoms with Crippen LogP contribution in [-0.2, 0) is 0 Å². The molecule has 0 bridgehead atoms. The number of hydrogen-bond donors (Lipinski definition) is 1. The first-order valence-electron chi connectivity index (χ1n) is 7.97. The summed E-state index contributed by atoms with van der Waals surface area (Å²) in [5.41, 5.74) is 7.05. The van der Waals surface area contributed by atoms with E-state index in [0.717, 1.165) is 11.8 Å². The molecular weight excluding hydrogens is 206 g/mol. The van der Waals surface area contributed by atoms with Gasteiger partial charge in [0.2, 0.25) is 0 Å². The molecule has 0 radical (unpaired) electrons. The van der Waals surface area contributed by atoms with E-state index in [0.29, 0.717) is 5.92 Å². The first-order valence-corrected chi connectivity index (χ1v) is 7.97. The summed E-state index contributed by atoms with van der Waals surface area (Å²) in [4.78, 5) is 0. The summed E-state index contributed by atoms with van der Waals surface area (Å²) in [6.07, 6.45) is 14.0. The van der Waals surface area contributed by atoms with Crippen molar-refractivity contribution >= 4 is 0 Å². The van der Waals surface area contributed by atoms with Gasteiger partial charge in [0.15, 0.2) is 0 Å². The molecule has 0 aromatic heterocycles. The Hall–Kier alpha value is -0.0400. The van der Waals surface area contributed by atoms with Gasteiger partial charge in [0.1, 0.15) is 0 Å². The lowest BCUT2D eigenvalue weighted by atomic mass is 9.60. The van der Waals surface area contributed by atoms with Crippen molar-refractivity contribution in [2.45, 2.75) is 83.6 Å². The van der Waals surface area contributed by atoms with Crippen LogP contribution in [0.5, 0.6) is 0 Å². The van der Waals surface area contributed by atoms with Crippen molar-refractivity contribution in [3.05, 3.63) is 0 Å². The van der Waals surface area contributed by atoms with Gasteiger partial charge in [-0.1, -0.05) is 65.2 Å². The molecule has 100 valence electrons. The van der Waals surface area contributed by atoms with Gasteiger partial charge in [0.05, 0.1) is 0 Å². The molecule has 1 heteroatoms. The first-order chi connectivity index (χ1) is 8.18. The van der Waals surface area contributed by atoms with Crippen LogP contribution in [0.1, 0.15) is 78.1 Å². The minimum absolute atomic E-state index is 0.162. The van der Waals surface area contributed by atoms with Crippen LogP contribution in [0.2, 0.25) is 0 Å². The van der Waals surface area contributed by atoms with Gasteiger partial charge in [-0.25, -0.2) is 0 Å². The highest BCUT2D eigenvalue weighted by molar-refractivity contribution is 5.00. The summed E-state index contributed by atoms with van der Waals surface area (Å²) in [5.74, 6) is 2.48. The van der Waals surface area contributed by atoms with Gasteiger partial charge >= 0.3 is 0 Å². The number of nitrogens with two attached hydrogens (primary N) is 1. The third-order valence-electron chi connectivity index (χ3n) is 5.81. The first kappa shape index (κ1) is 13.4. The zero-order chi connectivity index (χ0) is 12.3. The van der Waals surface area contributed by atoms with Crippen molar-refractivity contribution < 1.29 is 0 Å². The normalized spacial score (nSPS) is 37.9. The van der Waals surface area contributed by atoms with Gasteiger partial charge in [-0.3, -0.25) is 0 Å². The van der Waals surface area contributed by atoms with Crippen molar-refractivity contribution in [2.75, 3.05) is 0 Å². The van der Waals surface area contributed by atoms with Gasteiger partial charge in [-0.15, -0.1) is 0 Å². The molecule has 3 atom stereocenters. The average Bonchev–Trinajstić information content (AvgIpc) is 2.39. The van der Waals surface area contributed by atoms with Crippen LogP contribution >= 0.6 is 0 Å². The summed E-state index contributed by atoms with van der Waals surface area (Å²) in [6.45, 7) is 4.70. The highest BCUT2D eigenvalue weighted by atomic mass is 14.8. The van der Waals surface area contributed by atoms with Gasteiger partial charge in [-0.05, 0) is 30.6 Å². The molecule has 2 N–H and O–H groups in total. The fourth-order valence-electron chi connectivity index (χ4n) is 4.45. The SMILES string of the molecule is CCC(C)C1(N)CCCCC1C1CCCCC1. The molecule has 2 aliphatic carbocycles. The molecule has 0 aliphatic heterocycles. The predicted molar refractivity (Wildman–Crippen MR) is 74.9 cm³/mol. The highest BCUT2D eigenvalue weighted by Crippen LogP contribution is 2.46. The van der Waals surface area contributed by atoms with Crippen LogP contribution < -0.4 is 5.73 Å². The minimum atomic E-state index is 0.162. The van der Waals surface area contributed by atoms with Crippen molar-refractivity contribution in [1.29, 1.82) is 0 Å². The van der Waals surface area contributed by atoms with Crippen LogP contribution in [-0.4, -0.2) is 5.54 Å². The number of rotatable bonds is 3. The van der Waals surface area contributed by atoms with E-state index in [1.165, 1.54) is 64.2 Å². The Morgan fingerprint density at radius 1 is 1.06 bits per heavy atom. The monoisotopic (exact) mass is 237 g/mol. The highest BCUT2D eigenvalue weighted by Gasteiger charge is 2.44. The maximum absolute atomic E-state index is 6.89. The summed E-state index contributed by atoms with van der Waals surface area (Å²) in [5, 5.41) is 0. The quantitative estimate of drug-likeness (QED) is 0.768. The maximum Gasteiger partial charge on any atom is 0.0211 e. The average molecular weight is 237 g/mol. The third-order valence-corrected chi connectivity index (χ3v) is 5.81. The lowest BCUT2D eigenvalue weighted by molar-refractivity contribution is 0.0584. The Bertz CT molecular complexity index is 232.